The van der Waals surface area contributed by atoms with Gasteiger partial charge < -0.3 is 0 Å². The van der Waals surface area contributed by atoms with E-state index in [1.165, 1.54) is 16.0 Å². The molecule has 0 aliphatic heterocycles. The zero-order valence-corrected chi connectivity index (χ0v) is 14.8. The third kappa shape index (κ3) is 2.64. The van der Waals surface area contributed by atoms with Crippen molar-refractivity contribution in [2.45, 2.75) is 13.8 Å². The van der Waals surface area contributed by atoms with Gasteiger partial charge in [-0.05, 0) is 19.5 Å². The van der Waals surface area contributed by atoms with Crippen LogP contribution in [0.3, 0.4) is 0 Å². The van der Waals surface area contributed by atoms with Crippen molar-refractivity contribution in [3.05, 3.63) is 53.0 Å². The normalized spacial score (nSPS) is 10.3. The van der Waals surface area contributed by atoms with Crippen molar-refractivity contribution in [2.24, 2.45) is 7.05 Å². The Morgan fingerprint density at radius 3 is 2.60 bits per heavy atom. The fourth-order valence-corrected chi connectivity index (χ4v) is 3.10. The van der Waals surface area contributed by atoms with Crippen LogP contribution in [0, 0.1) is 19.9 Å². The summed E-state index contributed by atoms with van der Waals surface area (Å²) in [5, 5.41) is 6.58. The molecule has 2 aromatic heterocycles. The first-order valence-electron chi connectivity index (χ1n) is 6.23. The van der Waals surface area contributed by atoms with Crippen LogP contribution in [0.1, 0.15) is 11.3 Å². The molecule has 1 aromatic carbocycles. The molecule has 0 bridgehead atoms. The summed E-state index contributed by atoms with van der Waals surface area (Å²) in [5.41, 5.74) is 5.81. The van der Waals surface area contributed by atoms with E-state index in [0.717, 1.165) is 17.0 Å². The molecular weight excluding hydrogens is 444 g/mol. The van der Waals surface area contributed by atoms with Crippen LogP contribution in [-0.2, 0) is 27.2 Å². The van der Waals surface area contributed by atoms with E-state index in [-0.39, 0.29) is 20.1 Å². The molecule has 0 atom stereocenters. The average molecular weight is 460 g/mol. The fraction of sp³-hybridized carbons (Fsp3) is 0.188. The van der Waals surface area contributed by atoms with Crippen LogP contribution in [0.4, 0.5) is 0 Å². The molecule has 3 aromatic rings. The second kappa shape index (κ2) is 6.04. The summed E-state index contributed by atoms with van der Waals surface area (Å²) in [6.45, 7) is 4.21. The van der Waals surface area contributed by atoms with E-state index < -0.39 is 0 Å². The minimum absolute atomic E-state index is 0. The Hall–Kier alpha value is -1.22. The molecule has 0 saturated heterocycles. The summed E-state index contributed by atoms with van der Waals surface area (Å²) in [4.78, 5) is 1.25. The molecular formula is C16H15IrN2S-. The van der Waals surface area contributed by atoms with Gasteiger partial charge >= 0.3 is 0 Å². The second-order valence-electron chi connectivity index (χ2n) is 4.69. The van der Waals surface area contributed by atoms with Crippen LogP contribution >= 0.6 is 11.3 Å². The molecule has 0 unspecified atom stereocenters. The fourth-order valence-electron chi connectivity index (χ4n) is 2.17. The molecule has 2 nitrogen and oxygen atoms in total. The summed E-state index contributed by atoms with van der Waals surface area (Å²) in [5.74, 6) is 0. The van der Waals surface area contributed by atoms with E-state index in [9.17, 15) is 0 Å². The SMILES string of the molecule is Cc1ccccc1-c1sc[c-]c1-c1cc(C)n(C)n1.[Ir]. The Kier molecular flexibility index (Phi) is 4.59. The number of rotatable bonds is 2. The predicted molar refractivity (Wildman–Crippen MR) is 80.3 cm³/mol. The van der Waals surface area contributed by atoms with Gasteiger partial charge in [0.25, 0.3) is 0 Å². The van der Waals surface area contributed by atoms with Crippen molar-refractivity contribution in [3.8, 4) is 21.7 Å². The van der Waals surface area contributed by atoms with Gasteiger partial charge in [0, 0.05) is 32.8 Å². The number of hydrogen-bond donors (Lipinski definition) is 0. The van der Waals surface area contributed by atoms with Crippen molar-refractivity contribution < 1.29 is 20.1 Å². The minimum atomic E-state index is 0. The number of benzene rings is 1. The number of aryl methyl sites for hydroxylation is 3. The van der Waals surface area contributed by atoms with Gasteiger partial charge in [-0.15, -0.1) is 5.56 Å². The molecule has 1 radical (unpaired) electrons. The largest absolute Gasteiger partial charge is 0.285 e. The summed E-state index contributed by atoms with van der Waals surface area (Å²) in [7, 11) is 1.97. The summed E-state index contributed by atoms with van der Waals surface area (Å²) >= 11 is 1.72. The van der Waals surface area contributed by atoms with Crippen molar-refractivity contribution in [1.82, 2.24) is 9.78 Å². The quantitative estimate of drug-likeness (QED) is 0.525. The monoisotopic (exact) mass is 460 g/mol. The average Bonchev–Trinajstić information content (AvgIpc) is 2.98. The Labute approximate surface area is 136 Å². The first-order valence-corrected chi connectivity index (χ1v) is 7.11. The van der Waals surface area contributed by atoms with Gasteiger partial charge in [-0.3, -0.25) is 4.68 Å². The molecule has 105 valence electrons. The molecule has 0 aliphatic carbocycles. The number of aromatic nitrogens is 2. The third-order valence-electron chi connectivity index (χ3n) is 3.37. The Balaban J connectivity index is 0.00000147. The maximum Gasteiger partial charge on any atom is 0.0288 e. The standard InChI is InChI=1S/C16H15N2S.Ir/c1-11-6-4-5-7-13(11)16-14(8-9-19-16)15-10-12(2)18(3)17-15;/h4-7,9-10H,1-3H3;/q-1;. The van der Waals surface area contributed by atoms with Gasteiger partial charge in [0.15, 0.2) is 0 Å². The molecule has 0 amide bonds. The molecule has 0 spiro atoms. The van der Waals surface area contributed by atoms with E-state index in [4.69, 9.17) is 0 Å². The van der Waals surface area contributed by atoms with Crippen molar-refractivity contribution in [3.63, 3.8) is 0 Å². The van der Waals surface area contributed by atoms with Gasteiger partial charge in [-0.25, -0.2) is 16.4 Å². The molecule has 2 heterocycles. The van der Waals surface area contributed by atoms with Crippen LogP contribution in [0.2, 0.25) is 0 Å². The second-order valence-corrected chi connectivity index (χ2v) is 5.57. The number of hydrogen-bond acceptors (Lipinski definition) is 2. The van der Waals surface area contributed by atoms with Crippen LogP contribution in [-0.4, -0.2) is 9.78 Å². The third-order valence-corrected chi connectivity index (χ3v) is 4.26. The van der Waals surface area contributed by atoms with Crippen molar-refractivity contribution in [2.75, 3.05) is 0 Å². The molecule has 3 rings (SSSR count). The van der Waals surface area contributed by atoms with Gasteiger partial charge in [0.2, 0.25) is 0 Å². The Bertz CT molecular complexity index is 708. The molecule has 0 fully saturated rings. The Morgan fingerprint density at radius 1 is 1.20 bits per heavy atom. The maximum absolute atomic E-state index is 4.56. The van der Waals surface area contributed by atoms with E-state index in [1.54, 1.807) is 11.3 Å². The van der Waals surface area contributed by atoms with Gasteiger partial charge in [0.05, 0.1) is 0 Å². The Morgan fingerprint density at radius 2 is 1.95 bits per heavy atom. The first kappa shape index (κ1) is 15.2. The zero-order valence-electron chi connectivity index (χ0n) is 11.6. The van der Waals surface area contributed by atoms with Crippen LogP contribution < -0.4 is 0 Å². The van der Waals surface area contributed by atoms with Gasteiger partial charge in [-0.2, -0.15) is 6.07 Å². The van der Waals surface area contributed by atoms with Crippen molar-refractivity contribution >= 4 is 11.3 Å². The molecule has 0 aliphatic rings. The predicted octanol–water partition coefficient (Wildman–Crippen LogP) is 4.23. The maximum atomic E-state index is 4.56. The molecule has 4 heteroatoms. The smallest absolute Gasteiger partial charge is 0.0288 e. The molecule has 0 N–H and O–H groups in total. The number of nitrogens with zero attached hydrogens (tertiary/aromatic N) is 2. The van der Waals surface area contributed by atoms with Crippen LogP contribution in [0.25, 0.3) is 21.7 Å². The van der Waals surface area contributed by atoms with Crippen LogP contribution in [0.5, 0.6) is 0 Å². The van der Waals surface area contributed by atoms with E-state index in [2.05, 4.69) is 55.3 Å². The van der Waals surface area contributed by atoms with Gasteiger partial charge in [-0.1, -0.05) is 51.7 Å². The van der Waals surface area contributed by atoms with Gasteiger partial charge in [0.1, 0.15) is 0 Å². The molecule has 0 saturated carbocycles. The summed E-state index contributed by atoms with van der Waals surface area (Å²) < 4.78 is 1.91. The van der Waals surface area contributed by atoms with Crippen molar-refractivity contribution in [1.29, 1.82) is 0 Å². The number of thiophene rings is 1. The zero-order chi connectivity index (χ0) is 13.4. The summed E-state index contributed by atoms with van der Waals surface area (Å²) in [6, 6.07) is 13.9. The minimum Gasteiger partial charge on any atom is -0.285 e. The first-order chi connectivity index (χ1) is 9.16. The van der Waals surface area contributed by atoms with E-state index >= 15 is 0 Å². The van der Waals surface area contributed by atoms with Crippen LogP contribution in [0.15, 0.2) is 35.7 Å². The summed E-state index contributed by atoms with van der Waals surface area (Å²) in [6.07, 6.45) is 0. The molecule has 20 heavy (non-hydrogen) atoms. The topological polar surface area (TPSA) is 17.8 Å². The van der Waals surface area contributed by atoms with E-state index in [0.29, 0.717) is 0 Å². The van der Waals surface area contributed by atoms with E-state index in [1.807, 2.05) is 17.1 Å².